The lowest BCUT2D eigenvalue weighted by atomic mass is 9.96. The molecule has 0 saturated carbocycles. The molecule has 4 heteroatoms. The Hall–Kier alpha value is -1.84. The lowest BCUT2D eigenvalue weighted by molar-refractivity contribution is -0.121. The standard InChI is InChI=1S/C19H22ClNO2/c1-19(23,12-11-15-7-3-2-4-8-15)14-21-18(22)13-16-9-5-6-10-17(16)20/h2-10,23H,11-14H2,1H3,(H,21,22). The molecule has 2 rings (SSSR count). The fraction of sp³-hybridized carbons (Fsp3) is 0.316. The van der Waals surface area contributed by atoms with Crippen molar-refractivity contribution in [2.75, 3.05) is 6.54 Å². The van der Waals surface area contributed by atoms with E-state index in [-0.39, 0.29) is 18.9 Å². The zero-order valence-corrected chi connectivity index (χ0v) is 14.0. The Morgan fingerprint density at radius 1 is 1.13 bits per heavy atom. The molecule has 0 heterocycles. The Morgan fingerprint density at radius 2 is 1.78 bits per heavy atom. The molecule has 2 N–H and O–H groups in total. The number of carbonyl (C=O) groups excluding carboxylic acids is 1. The van der Waals surface area contributed by atoms with E-state index in [0.717, 1.165) is 12.0 Å². The van der Waals surface area contributed by atoms with Crippen LogP contribution < -0.4 is 5.32 Å². The second kappa shape index (κ2) is 8.14. The summed E-state index contributed by atoms with van der Waals surface area (Å²) in [5, 5.41) is 13.8. The molecule has 0 aliphatic rings. The molecule has 0 radical (unpaired) electrons. The highest BCUT2D eigenvalue weighted by Gasteiger charge is 2.21. The van der Waals surface area contributed by atoms with Crippen molar-refractivity contribution in [1.82, 2.24) is 5.32 Å². The molecule has 2 aromatic carbocycles. The minimum absolute atomic E-state index is 0.141. The van der Waals surface area contributed by atoms with Crippen molar-refractivity contribution < 1.29 is 9.90 Å². The van der Waals surface area contributed by atoms with Crippen LogP contribution in [0, 0.1) is 0 Å². The van der Waals surface area contributed by atoms with Gasteiger partial charge < -0.3 is 10.4 Å². The van der Waals surface area contributed by atoms with Gasteiger partial charge in [-0.2, -0.15) is 0 Å². The van der Waals surface area contributed by atoms with Gasteiger partial charge in [-0.3, -0.25) is 4.79 Å². The van der Waals surface area contributed by atoms with E-state index in [1.54, 1.807) is 13.0 Å². The van der Waals surface area contributed by atoms with Crippen molar-refractivity contribution in [2.24, 2.45) is 0 Å². The number of aliphatic hydroxyl groups is 1. The number of aryl methyl sites for hydroxylation is 1. The Bertz CT molecular complexity index is 641. The summed E-state index contributed by atoms with van der Waals surface area (Å²) in [4.78, 5) is 12.0. The van der Waals surface area contributed by atoms with E-state index >= 15 is 0 Å². The van der Waals surface area contributed by atoms with E-state index in [9.17, 15) is 9.90 Å². The van der Waals surface area contributed by atoms with Crippen molar-refractivity contribution in [3.05, 3.63) is 70.7 Å². The molecule has 1 amide bonds. The van der Waals surface area contributed by atoms with Crippen LogP contribution in [-0.4, -0.2) is 23.2 Å². The van der Waals surface area contributed by atoms with Crippen LogP contribution in [0.3, 0.4) is 0 Å². The number of rotatable bonds is 7. The van der Waals surface area contributed by atoms with Crippen LogP contribution in [0.4, 0.5) is 0 Å². The molecule has 1 unspecified atom stereocenters. The van der Waals surface area contributed by atoms with Crippen LogP contribution in [0.1, 0.15) is 24.5 Å². The number of nitrogens with one attached hydrogen (secondary N) is 1. The van der Waals surface area contributed by atoms with Gasteiger partial charge in [-0.25, -0.2) is 0 Å². The molecule has 0 aliphatic heterocycles. The molecular formula is C19H22ClNO2. The Kier molecular flexibility index (Phi) is 6.20. The Labute approximate surface area is 142 Å². The summed E-state index contributed by atoms with van der Waals surface area (Å²) in [5.41, 5.74) is 1.03. The van der Waals surface area contributed by atoms with Crippen LogP contribution >= 0.6 is 11.6 Å². The predicted octanol–water partition coefficient (Wildman–Crippen LogP) is 3.38. The average molecular weight is 332 g/mol. The third-order valence-corrected chi connectivity index (χ3v) is 4.14. The molecule has 23 heavy (non-hydrogen) atoms. The summed E-state index contributed by atoms with van der Waals surface area (Å²) in [5.74, 6) is -0.141. The first-order chi connectivity index (χ1) is 11.0. The smallest absolute Gasteiger partial charge is 0.224 e. The summed E-state index contributed by atoms with van der Waals surface area (Å²) < 4.78 is 0. The number of halogens is 1. The average Bonchev–Trinajstić information content (AvgIpc) is 2.55. The molecule has 122 valence electrons. The van der Waals surface area contributed by atoms with Crippen molar-refractivity contribution in [3.8, 4) is 0 Å². The molecule has 0 aromatic heterocycles. The Balaban J connectivity index is 1.79. The maximum Gasteiger partial charge on any atom is 0.224 e. The topological polar surface area (TPSA) is 49.3 Å². The molecule has 0 aliphatic carbocycles. The van der Waals surface area contributed by atoms with Crippen molar-refractivity contribution in [2.45, 2.75) is 31.8 Å². The molecule has 0 bridgehead atoms. The summed E-state index contributed by atoms with van der Waals surface area (Å²) in [6.45, 7) is 1.97. The van der Waals surface area contributed by atoms with Gasteiger partial charge in [0.15, 0.2) is 0 Å². The van der Waals surface area contributed by atoms with Crippen molar-refractivity contribution >= 4 is 17.5 Å². The molecule has 0 fully saturated rings. The van der Waals surface area contributed by atoms with Gasteiger partial charge in [0.05, 0.1) is 12.0 Å². The maximum atomic E-state index is 12.0. The number of benzene rings is 2. The molecule has 3 nitrogen and oxygen atoms in total. The summed E-state index contributed by atoms with van der Waals surface area (Å²) in [7, 11) is 0. The number of hydrogen-bond acceptors (Lipinski definition) is 2. The maximum absolute atomic E-state index is 12.0. The highest BCUT2D eigenvalue weighted by molar-refractivity contribution is 6.31. The first kappa shape index (κ1) is 17.5. The van der Waals surface area contributed by atoms with E-state index in [2.05, 4.69) is 5.32 Å². The van der Waals surface area contributed by atoms with E-state index in [1.807, 2.05) is 48.5 Å². The lowest BCUT2D eigenvalue weighted by Crippen LogP contribution is -2.41. The van der Waals surface area contributed by atoms with Gasteiger partial charge in [-0.1, -0.05) is 60.1 Å². The van der Waals surface area contributed by atoms with Crippen LogP contribution in [0.2, 0.25) is 5.02 Å². The number of amides is 1. The predicted molar refractivity (Wildman–Crippen MR) is 93.6 cm³/mol. The van der Waals surface area contributed by atoms with Crippen LogP contribution in [0.25, 0.3) is 0 Å². The lowest BCUT2D eigenvalue weighted by Gasteiger charge is -2.23. The highest BCUT2D eigenvalue weighted by Crippen LogP contribution is 2.16. The number of carbonyl (C=O) groups is 1. The Morgan fingerprint density at radius 3 is 2.48 bits per heavy atom. The van der Waals surface area contributed by atoms with Crippen LogP contribution in [0.15, 0.2) is 54.6 Å². The van der Waals surface area contributed by atoms with E-state index in [4.69, 9.17) is 11.6 Å². The van der Waals surface area contributed by atoms with E-state index in [0.29, 0.717) is 11.4 Å². The van der Waals surface area contributed by atoms with E-state index in [1.165, 1.54) is 5.56 Å². The number of hydrogen-bond donors (Lipinski definition) is 2. The zero-order chi connectivity index (χ0) is 16.7. The molecule has 1 atom stereocenters. The third kappa shape index (κ3) is 6.05. The first-order valence-corrected chi connectivity index (χ1v) is 8.10. The van der Waals surface area contributed by atoms with Gasteiger partial charge in [-0.15, -0.1) is 0 Å². The van der Waals surface area contributed by atoms with Crippen LogP contribution in [0.5, 0.6) is 0 Å². The minimum Gasteiger partial charge on any atom is -0.388 e. The molecule has 0 spiro atoms. The SMILES string of the molecule is CC(O)(CCc1ccccc1)CNC(=O)Cc1ccccc1Cl. The largest absolute Gasteiger partial charge is 0.388 e. The van der Waals surface area contributed by atoms with Gasteiger partial charge in [-0.05, 0) is 37.0 Å². The monoisotopic (exact) mass is 331 g/mol. The van der Waals surface area contributed by atoms with Gasteiger partial charge in [0.25, 0.3) is 0 Å². The highest BCUT2D eigenvalue weighted by atomic mass is 35.5. The van der Waals surface area contributed by atoms with Gasteiger partial charge in [0.2, 0.25) is 5.91 Å². The second-order valence-electron chi connectivity index (χ2n) is 6.03. The molecule has 0 saturated heterocycles. The third-order valence-electron chi connectivity index (χ3n) is 3.77. The normalized spacial score (nSPS) is 13.3. The van der Waals surface area contributed by atoms with Crippen molar-refractivity contribution in [1.29, 1.82) is 0 Å². The quantitative estimate of drug-likeness (QED) is 0.817. The first-order valence-electron chi connectivity index (χ1n) is 7.73. The summed E-state index contributed by atoms with van der Waals surface area (Å²) in [6, 6.07) is 17.3. The van der Waals surface area contributed by atoms with Gasteiger partial charge in [0.1, 0.15) is 0 Å². The van der Waals surface area contributed by atoms with E-state index < -0.39 is 5.60 Å². The summed E-state index contributed by atoms with van der Waals surface area (Å²) in [6.07, 6.45) is 1.58. The van der Waals surface area contributed by atoms with Crippen molar-refractivity contribution in [3.63, 3.8) is 0 Å². The molecular weight excluding hydrogens is 310 g/mol. The zero-order valence-electron chi connectivity index (χ0n) is 13.3. The fourth-order valence-electron chi connectivity index (χ4n) is 2.31. The fourth-order valence-corrected chi connectivity index (χ4v) is 2.52. The molecule has 2 aromatic rings. The summed E-state index contributed by atoms with van der Waals surface area (Å²) >= 11 is 6.05. The van der Waals surface area contributed by atoms with Gasteiger partial charge >= 0.3 is 0 Å². The van der Waals surface area contributed by atoms with Crippen LogP contribution in [-0.2, 0) is 17.6 Å². The second-order valence-corrected chi connectivity index (χ2v) is 6.43. The van der Waals surface area contributed by atoms with Gasteiger partial charge in [0, 0.05) is 11.6 Å². The minimum atomic E-state index is -0.939.